The monoisotopic (exact) mass is 368 g/mol. The van der Waals surface area contributed by atoms with Gasteiger partial charge in [0.25, 0.3) is 5.89 Å². The van der Waals surface area contributed by atoms with Gasteiger partial charge in [-0.3, -0.25) is 9.98 Å². The predicted molar refractivity (Wildman–Crippen MR) is 101 cm³/mol. The fraction of sp³-hybridized carbons (Fsp3) is 0.263. The number of rotatable bonds is 7. The van der Waals surface area contributed by atoms with Crippen molar-refractivity contribution >= 4 is 5.96 Å². The minimum absolute atomic E-state index is 0.225. The number of halogens is 1. The average molecular weight is 368 g/mol. The Balaban J connectivity index is 1.41. The van der Waals surface area contributed by atoms with Crippen molar-refractivity contribution in [3.05, 3.63) is 65.9 Å². The second-order valence-corrected chi connectivity index (χ2v) is 5.78. The van der Waals surface area contributed by atoms with Gasteiger partial charge in [0.1, 0.15) is 11.5 Å². The second-order valence-electron chi connectivity index (χ2n) is 5.78. The number of nitrogens with one attached hydrogen (secondary N) is 2. The zero-order valence-corrected chi connectivity index (χ0v) is 15.0. The van der Waals surface area contributed by atoms with E-state index in [2.05, 4.69) is 30.8 Å². The molecule has 0 radical (unpaired) electrons. The van der Waals surface area contributed by atoms with Crippen LogP contribution in [-0.2, 0) is 12.8 Å². The van der Waals surface area contributed by atoms with E-state index in [4.69, 9.17) is 4.52 Å². The number of pyridine rings is 1. The average Bonchev–Trinajstić information content (AvgIpc) is 3.18. The van der Waals surface area contributed by atoms with Crippen molar-refractivity contribution in [3.63, 3.8) is 0 Å². The van der Waals surface area contributed by atoms with Gasteiger partial charge < -0.3 is 15.2 Å². The number of nitrogens with zero attached hydrogens (tertiary/aromatic N) is 4. The highest BCUT2D eigenvalue weighted by Gasteiger charge is 2.09. The minimum Gasteiger partial charge on any atom is -0.356 e. The van der Waals surface area contributed by atoms with Crippen molar-refractivity contribution in [3.8, 4) is 11.6 Å². The number of aliphatic imine (C=N–C) groups is 1. The van der Waals surface area contributed by atoms with Gasteiger partial charge in [0.2, 0.25) is 0 Å². The van der Waals surface area contributed by atoms with Crippen LogP contribution in [0.3, 0.4) is 0 Å². The highest BCUT2D eigenvalue weighted by molar-refractivity contribution is 5.79. The largest absolute Gasteiger partial charge is 0.356 e. The quantitative estimate of drug-likeness (QED) is 0.491. The van der Waals surface area contributed by atoms with Crippen molar-refractivity contribution < 1.29 is 8.91 Å². The van der Waals surface area contributed by atoms with Crippen LogP contribution in [0, 0.1) is 5.82 Å². The Kier molecular flexibility index (Phi) is 6.45. The molecule has 3 aromatic rings. The molecule has 0 unspecified atom stereocenters. The van der Waals surface area contributed by atoms with Gasteiger partial charge in [-0.1, -0.05) is 23.4 Å². The van der Waals surface area contributed by atoms with E-state index in [0.29, 0.717) is 42.9 Å². The molecule has 7 nitrogen and oxygen atoms in total. The van der Waals surface area contributed by atoms with Crippen LogP contribution < -0.4 is 10.6 Å². The van der Waals surface area contributed by atoms with Crippen LogP contribution in [0.2, 0.25) is 0 Å². The van der Waals surface area contributed by atoms with Gasteiger partial charge in [-0.15, -0.1) is 0 Å². The van der Waals surface area contributed by atoms with Gasteiger partial charge in [0.05, 0.1) is 0 Å². The van der Waals surface area contributed by atoms with E-state index >= 15 is 0 Å². The standard InChI is InChI=1S/C19H21FN6O/c1-21-19(23-12-9-14-5-7-15(20)8-6-14)24-13-10-17-25-18(27-26-17)16-4-2-3-11-22-16/h2-8,11H,9-10,12-13H2,1H3,(H2,21,23,24). The normalized spacial score (nSPS) is 11.4. The first-order valence-electron chi connectivity index (χ1n) is 8.67. The van der Waals surface area contributed by atoms with Gasteiger partial charge in [-0.05, 0) is 36.2 Å². The maximum Gasteiger partial charge on any atom is 0.276 e. The maximum absolute atomic E-state index is 12.9. The Hall–Kier alpha value is -3.29. The number of aromatic nitrogens is 3. The van der Waals surface area contributed by atoms with E-state index in [1.54, 1.807) is 25.4 Å². The van der Waals surface area contributed by atoms with Crippen LogP contribution in [0.5, 0.6) is 0 Å². The van der Waals surface area contributed by atoms with Gasteiger partial charge in [0.15, 0.2) is 11.8 Å². The summed E-state index contributed by atoms with van der Waals surface area (Å²) in [6, 6.07) is 12.0. The van der Waals surface area contributed by atoms with E-state index in [1.165, 1.54) is 12.1 Å². The highest BCUT2D eigenvalue weighted by Crippen LogP contribution is 2.13. The van der Waals surface area contributed by atoms with Gasteiger partial charge in [-0.2, -0.15) is 4.98 Å². The molecule has 3 rings (SSSR count). The molecule has 1 aromatic carbocycles. The third kappa shape index (κ3) is 5.60. The van der Waals surface area contributed by atoms with Crippen LogP contribution in [0.25, 0.3) is 11.6 Å². The Morgan fingerprint density at radius 2 is 1.85 bits per heavy atom. The summed E-state index contributed by atoms with van der Waals surface area (Å²) < 4.78 is 18.1. The van der Waals surface area contributed by atoms with Crippen LogP contribution >= 0.6 is 0 Å². The summed E-state index contributed by atoms with van der Waals surface area (Å²) in [5.74, 6) is 1.47. The van der Waals surface area contributed by atoms with Crippen molar-refractivity contribution in [2.45, 2.75) is 12.8 Å². The summed E-state index contributed by atoms with van der Waals surface area (Å²) in [5.41, 5.74) is 1.72. The molecule has 0 amide bonds. The molecule has 0 bridgehead atoms. The molecule has 0 aliphatic heterocycles. The maximum atomic E-state index is 12.9. The molecule has 2 heterocycles. The third-order valence-corrected chi connectivity index (χ3v) is 3.84. The van der Waals surface area contributed by atoms with Crippen LogP contribution in [0.4, 0.5) is 4.39 Å². The smallest absolute Gasteiger partial charge is 0.276 e. The molecular weight excluding hydrogens is 347 g/mol. The molecule has 140 valence electrons. The lowest BCUT2D eigenvalue weighted by Crippen LogP contribution is -2.39. The van der Waals surface area contributed by atoms with Crippen LogP contribution in [0.15, 0.2) is 58.2 Å². The molecule has 0 fully saturated rings. The molecule has 27 heavy (non-hydrogen) atoms. The fourth-order valence-corrected chi connectivity index (χ4v) is 2.44. The lowest BCUT2D eigenvalue weighted by Gasteiger charge is -2.11. The van der Waals surface area contributed by atoms with E-state index < -0.39 is 0 Å². The first kappa shape index (κ1) is 18.5. The Labute approximate surface area is 156 Å². The van der Waals surface area contributed by atoms with E-state index in [0.717, 1.165) is 12.0 Å². The van der Waals surface area contributed by atoms with E-state index in [1.807, 2.05) is 18.2 Å². The number of hydrogen-bond donors (Lipinski definition) is 2. The number of guanidine groups is 1. The summed E-state index contributed by atoms with van der Waals surface area (Å²) in [4.78, 5) is 12.7. The molecule has 0 aliphatic carbocycles. The van der Waals surface area contributed by atoms with Crippen LogP contribution in [-0.4, -0.2) is 41.2 Å². The lowest BCUT2D eigenvalue weighted by atomic mass is 10.1. The second kappa shape index (κ2) is 9.42. The first-order chi connectivity index (χ1) is 13.2. The van der Waals surface area contributed by atoms with Crippen molar-refractivity contribution in [1.29, 1.82) is 0 Å². The fourth-order valence-electron chi connectivity index (χ4n) is 2.44. The summed E-state index contributed by atoms with van der Waals surface area (Å²) in [7, 11) is 1.71. The summed E-state index contributed by atoms with van der Waals surface area (Å²) in [6.45, 7) is 1.30. The molecule has 0 spiro atoms. The van der Waals surface area contributed by atoms with Crippen molar-refractivity contribution in [2.24, 2.45) is 4.99 Å². The Morgan fingerprint density at radius 3 is 2.56 bits per heavy atom. The summed E-state index contributed by atoms with van der Waals surface area (Å²) >= 11 is 0. The zero-order chi connectivity index (χ0) is 18.9. The zero-order valence-electron chi connectivity index (χ0n) is 15.0. The first-order valence-corrected chi connectivity index (χ1v) is 8.67. The Bertz CT molecular complexity index is 863. The number of benzene rings is 1. The molecule has 0 saturated carbocycles. The minimum atomic E-state index is -0.225. The molecule has 0 saturated heterocycles. The SMILES string of the molecule is CN=C(NCCc1ccc(F)cc1)NCCc1noc(-c2ccccn2)n1. The summed E-state index contributed by atoms with van der Waals surface area (Å²) in [5, 5.41) is 10.4. The van der Waals surface area contributed by atoms with Crippen molar-refractivity contribution in [1.82, 2.24) is 25.8 Å². The third-order valence-electron chi connectivity index (χ3n) is 3.84. The molecule has 0 aliphatic rings. The highest BCUT2D eigenvalue weighted by atomic mass is 19.1. The molecule has 0 atom stereocenters. The predicted octanol–water partition coefficient (Wildman–Crippen LogP) is 2.22. The van der Waals surface area contributed by atoms with Crippen LogP contribution in [0.1, 0.15) is 11.4 Å². The lowest BCUT2D eigenvalue weighted by molar-refractivity contribution is 0.421. The number of hydrogen-bond acceptors (Lipinski definition) is 5. The van der Waals surface area contributed by atoms with E-state index in [9.17, 15) is 4.39 Å². The Morgan fingerprint density at radius 1 is 1.07 bits per heavy atom. The van der Waals surface area contributed by atoms with Gasteiger partial charge >= 0.3 is 0 Å². The van der Waals surface area contributed by atoms with Crippen molar-refractivity contribution in [2.75, 3.05) is 20.1 Å². The molecule has 2 aromatic heterocycles. The van der Waals surface area contributed by atoms with Gasteiger partial charge in [-0.25, -0.2) is 4.39 Å². The van der Waals surface area contributed by atoms with Gasteiger partial charge in [0, 0.05) is 32.8 Å². The summed E-state index contributed by atoms with van der Waals surface area (Å²) in [6.07, 6.45) is 3.05. The topological polar surface area (TPSA) is 88.2 Å². The van der Waals surface area contributed by atoms with E-state index in [-0.39, 0.29) is 5.82 Å². The molecular formula is C19H21FN6O. The molecule has 2 N–H and O–H groups in total. The molecule has 8 heteroatoms.